The van der Waals surface area contributed by atoms with Crippen LogP contribution < -0.4 is 5.73 Å². The molecule has 0 aromatic heterocycles. The Morgan fingerprint density at radius 1 is 1.16 bits per heavy atom. The average Bonchev–Trinajstić information content (AvgIpc) is 2.74. The largest absolute Gasteiger partial charge is 0.388 e. The zero-order valence-corrected chi connectivity index (χ0v) is 12.7. The summed E-state index contributed by atoms with van der Waals surface area (Å²) in [6, 6.07) is 0. The molecule has 2 saturated carbocycles. The van der Waals surface area contributed by atoms with Gasteiger partial charge in [0.15, 0.2) is 0 Å². The van der Waals surface area contributed by atoms with Gasteiger partial charge in [-0.15, -0.1) is 0 Å². The summed E-state index contributed by atoms with van der Waals surface area (Å²) in [5.41, 5.74) is 5.60. The molecule has 3 N–H and O–H groups in total. The van der Waals surface area contributed by atoms with E-state index in [-0.39, 0.29) is 0 Å². The standard InChI is InChI=1S/C16H31NO2/c1-15(2)9-5-14(6-10-15)19-11-7-13-4-3-8-16(13,18)12-17/h13-14,18H,3-12,17H2,1-2H3. The molecule has 2 unspecified atom stereocenters. The van der Waals surface area contributed by atoms with Crippen molar-refractivity contribution in [1.82, 2.24) is 0 Å². The van der Waals surface area contributed by atoms with Crippen molar-refractivity contribution < 1.29 is 9.84 Å². The Hall–Kier alpha value is -0.120. The third-order valence-electron chi connectivity index (χ3n) is 5.38. The topological polar surface area (TPSA) is 55.5 Å². The molecule has 2 fully saturated rings. The van der Waals surface area contributed by atoms with Crippen molar-refractivity contribution in [2.45, 2.75) is 76.9 Å². The predicted molar refractivity (Wildman–Crippen MR) is 78.0 cm³/mol. The summed E-state index contributed by atoms with van der Waals surface area (Å²) in [5.74, 6) is 0.345. The monoisotopic (exact) mass is 269 g/mol. The highest BCUT2D eigenvalue weighted by Gasteiger charge is 2.39. The fourth-order valence-corrected chi connectivity index (χ4v) is 3.73. The second kappa shape index (κ2) is 6.11. The second-order valence-corrected chi connectivity index (χ2v) is 7.42. The molecule has 0 spiro atoms. The lowest BCUT2D eigenvalue weighted by Crippen LogP contribution is -2.41. The molecule has 0 aliphatic heterocycles. The molecule has 3 heteroatoms. The molecule has 0 aromatic rings. The van der Waals surface area contributed by atoms with Crippen molar-refractivity contribution in [1.29, 1.82) is 0 Å². The summed E-state index contributed by atoms with van der Waals surface area (Å²) in [5, 5.41) is 10.4. The van der Waals surface area contributed by atoms with Crippen LogP contribution in [0.5, 0.6) is 0 Å². The summed E-state index contributed by atoms with van der Waals surface area (Å²) in [6.45, 7) is 5.89. The minimum atomic E-state index is -0.613. The van der Waals surface area contributed by atoms with Crippen molar-refractivity contribution in [3.8, 4) is 0 Å². The minimum Gasteiger partial charge on any atom is -0.388 e. The van der Waals surface area contributed by atoms with Crippen molar-refractivity contribution in [2.24, 2.45) is 17.1 Å². The zero-order chi connectivity index (χ0) is 13.9. The number of nitrogens with two attached hydrogens (primary N) is 1. The van der Waals surface area contributed by atoms with E-state index in [1.54, 1.807) is 0 Å². The average molecular weight is 269 g/mol. The van der Waals surface area contributed by atoms with Gasteiger partial charge in [-0.1, -0.05) is 20.3 Å². The highest BCUT2D eigenvalue weighted by molar-refractivity contribution is 4.92. The summed E-state index contributed by atoms with van der Waals surface area (Å²) in [4.78, 5) is 0. The number of hydrogen-bond donors (Lipinski definition) is 2. The maximum absolute atomic E-state index is 10.4. The van der Waals surface area contributed by atoms with Crippen molar-refractivity contribution in [2.75, 3.05) is 13.2 Å². The normalized spacial score (nSPS) is 35.7. The first-order chi connectivity index (χ1) is 8.95. The molecule has 19 heavy (non-hydrogen) atoms. The summed E-state index contributed by atoms with van der Waals surface area (Å²) < 4.78 is 6.02. The first-order valence-corrected chi connectivity index (χ1v) is 7.99. The van der Waals surface area contributed by atoms with Crippen LogP contribution in [0.1, 0.15) is 65.2 Å². The first-order valence-electron chi connectivity index (χ1n) is 7.99. The Morgan fingerprint density at radius 2 is 1.84 bits per heavy atom. The Bertz CT molecular complexity index is 282. The van der Waals surface area contributed by atoms with E-state index in [9.17, 15) is 5.11 Å². The third-order valence-corrected chi connectivity index (χ3v) is 5.38. The summed E-state index contributed by atoms with van der Waals surface area (Å²) >= 11 is 0. The maximum atomic E-state index is 10.4. The van der Waals surface area contributed by atoms with E-state index >= 15 is 0 Å². The SMILES string of the molecule is CC1(C)CCC(OCCC2CCCC2(O)CN)CC1. The first kappa shape index (κ1) is 15.3. The van der Waals surface area contributed by atoms with Crippen molar-refractivity contribution in [3.05, 3.63) is 0 Å². The molecule has 0 bridgehead atoms. The van der Waals surface area contributed by atoms with Gasteiger partial charge in [0.2, 0.25) is 0 Å². The maximum Gasteiger partial charge on any atom is 0.0798 e. The van der Waals surface area contributed by atoms with Crippen LogP contribution >= 0.6 is 0 Å². The quantitative estimate of drug-likeness (QED) is 0.807. The molecule has 2 aliphatic carbocycles. The van der Waals surface area contributed by atoms with Crippen LogP contribution in [0, 0.1) is 11.3 Å². The Balaban J connectivity index is 1.67. The molecule has 0 radical (unpaired) electrons. The Labute approximate surface area is 117 Å². The van der Waals surface area contributed by atoms with Gasteiger partial charge in [-0.25, -0.2) is 0 Å². The molecular formula is C16H31NO2. The van der Waals surface area contributed by atoms with E-state index in [0.717, 1.165) is 32.3 Å². The fourth-order valence-electron chi connectivity index (χ4n) is 3.73. The minimum absolute atomic E-state index is 0.345. The summed E-state index contributed by atoms with van der Waals surface area (Å²) in [6.07, 6.45) is 9.42. The molecule has 3 nitrogen and oxygen atoms in total. The number of ether oxygens (including phenoxy) is 1. The zero-order valence-electron chi connectivity index (χ0n) is 12.7. The van der Waals surface area contributed by atoms with E-state index in [0.29, 0.717) is 24.0 Å². The van der Waals surface area contributed by atoms with Crippen LogP contribution in [0.25, 0.3) is 0 Å². The van der Waals surface area contributed by atoms with Crippen LogP contribution in [0.4, 0.5) is 0 Å². The molecule has 0 aromatic carbocycles. The van der Waals surface area contributed by atoms with Crippen LogP contribution in [-0.4, -0.2) is 30.0 Å². The smallest absolute Gasteiger partial charge is 0.0798 e. The number of rotatable bonds is 5. The van der Waals surface area contributed by atoms with Gasteiger partial charge in [0.05, 0.1) is 11.7 Å². The second-order valence-electron chi connectivity index (χ2n) is 7.42. The van der Waals surface area contributed by atoms with Crippen LogP contribution in [0.2, 0.25) is 0 Å². The molecule has 112 valence electrons. The highest BCUT2D eigenvalue weighted by Crippen LogP contribution is 2.38. The molecular weight excluding hydrogens is 238 g/mol. The van der Waals surface area contributed by atoms with Gasteiger partial charge in [0.1, 0.15) is 0 Å². The van der Waals surface area contributed by atoms with Crippen LogP contribution in [-0.2, 0) is 4.74 Å². The molecule has 2 aliphatic rings. The van der Waals surface area contributed by atoms with E-state index in [2.05, 4.69) is 13.8 Å². The highest BCUT2D eigenvalue weighted by atomic mass is 16.5. The number of hydrogen-bond acceptors (Lipinski definition) is 3. The van der Waals surface area contributed by atoms with Gasteiger partial charge in [-0.05, 0) is 56.3 Å². The van der Waals surface area contributed by atoms with Gasteiger partial charge < -0.3 is 15.6 Å². The fraction of sp³-hybridized carbons (Fsp3) is 1.00. The van der Waals surface area contributed by atoms with Gasteiger partial charge in [0.25, 0.3) is 0 Å². The predicted octanol–water partition coefficient (Wildman–Crippen LogP) is 2.85. The summed E-state index contributed by atoms with van der Waals surface area (Å²) in [7, 11) is 0. The molecule has 2 atom stereocenters. The molecule has 0 saturated heterocycles. The number of aliphatic hydroxyl groups is 1. The van der Waals surface area contributed by atoms with E-state index in [4.69, 9.17) is 10.5 Å². The Morgan fingerprint density at radius 3 is 2.47 bits per heavy atom. The van der Waals surface area contributed by atoms with E-state index in [1.165, 1.54) is 25.7 Å². The van der Waals surface area contributed by atoms with Gasteiger partial charge >= 0.3 is 0 Å². The van der Waals surface area contributed by atoms with Gasteiger partial charge in [-0.3, -0.25) is 0 Å². The van der Waals surface area contributed by atoms with Crippen molar-refractivity contribution >= 4 is 0 Å². The lowest BCUT2D eigenvalue weighted by atomic mass is 9.76. The van der Waals surface area contributed by atoms with E-state index in [1.807, 2.05) is 0 Å². The third kappa shape index (κ3) is 3.93. The Kier molecular flexibility index (Phi) is 4.91. The molecule has 2 rings (SSSR count). The van der Waals surface area contributed by atoms with Gasteiger partial charge in [0, 0.05) is 13.2 Å². The molecule has 0 amide bonds. The molecule has 0 heterocycles. The van der Waals surface area contributed by atoms with Gasteiger partial charge in [-0.2, -0.15) is 0 Å². The van der Waals surface area contributed by atoms with Crippen molar-refractivity contribution in [3.63, 3.8) is 0 Å². The lowest BCUT2D eigenvalue weighted by molar-refractivity contribution is -0.0302. The van der Waals surface area contributed by atoms with E-state index < -0.39 is 5.60 Å². The van der Waals surface area contributed by atoms with Crippen LogP contribution in [0.3, 0.4) is 0 Å². The lowest BCUT2D eigenvalue weighted by Gasteiger charge is -2.34. The van der Waals surface area contributed by atoms with Crippen LogP contribution in [0.15, 0.2) is 0 Å².